The van der Waals surface area contributed by atoms with E-state index in [4.69, 9.17) is 9.47 Å². The molecule has 0 aliphatic heterocycles. The second kappa shape index (κ2) is 7.57. The Kier molecular flexibility index (Phi) is 5.24. The summed E-state index contributed by atoms with van der Waals surface area (Å²) in [5, 5.41) is 5.12. The number of rotatable bonds is 5. The molecule has 0 radical (unpaired) electrons. The van der Waals surface area contributed by atoms with E-state index in [1.807, 2.05) is 42.5 Å². The van der Waals surface area contributed by atoms with Crippen LogP contribution in [0.2, 0.25) is 0 Å². The van der Waals surface area contributed by atoms with E-state index in [0.717, 1.165) is 20.8 Å². The van der Waals surface area contributed by atoms with E-state index in [-0.39, 0.29) is 12.3 Å². The maximum atomic E-state index is 12.6. The molecule has 0 aliphatic carbocycles. The van der Waals surface area contributed by atoms with Gasteiger partial charge < -0.3 is 14.8 Å². The van der Waals surface area contributed by atoms with Gasteiger partial charge >= 0.3 is 0 Å². The number of ether oxygens (including phenoxy) is 2. The molecular weight excluding hydrogens is 382 g/mol. The van der Waals surface area contributed by atoms with Crippen molar-refractivity contribution in [2.75, 3.05) is 19.5 Å². The van der Waals surface area contributed by atoms with Crippen LogP contribution in [0.15, 0.2) is 59.1 Å². The average Bonchev–Trinajstić information content (AvgIpc) is 2.63. The number of halogens is 1. The fraction of sp³-hybridized carbons (Fsp3) is 0.150. The van der Waals surface area contributed by atoms with Gasteiger partial charge in [0.25, 0.3) is 0 Å². The van der Waals surface area contributed by atoms with Gasteiger partial charge in [-0.3, -0.25) is 4.79 Å². The highest BCUT2D eigenvalue weighted by molar-refractivity contribution is 9.10. The first-order chi connectivity index (χ1) is 12.1. The molecule has 0 bridgehead atoms. The second-order valence-corrected chi connectivity index (χ2v) is 6.40. The number of anilines is 1. The molecule has 5 heteroatoms. The number of carbonyl (C=O) groups excluding carboxylic acids is 1. The largest absolute Gasteiger partial charge is 0.495 e. The summed E-state index contributed by atoms with van der Waals surface area (Å²) in [6, 6.07) is 17.5. The fourth-order valence-corrected chi connectivity index (χ4v) is 3.26. The van der Waals surface area contributed by atoms with Crippen molar-refractivity contribution in [3.05, 3.63) is 64.6 Å². The molecule has 0 unspecified atom stereocenters. The molecule has 3 rings (SSSR count). The van der Waals surface area contributed by atoms with Crippen LogP contribution in [-0.2, 0) is 11.2 Å². The van der Waals surface area contributed by atoms with E-state index < -0.39 is 0 Å². The summed E-state index contributed by atoms with van der Waals surface area (Å²) >= 11 is 3.41. The predicted molar refractivity (Wildman–Crippen MR) is 104 cm³/mol. The van der Waals surface area contributed by atoms with Crippen LogP contribution in [0.1, 0.15) is 5.56 Å². The monoisotopic (exact) mass is 399 g/mol. The van der Waals surface area contributed by atoms with E-state index >= 15 is 0 Å². The van der Waals surface area contributed by atoms with Gasteiger partial charge in [-0.05, 0) is 32.3 Å². The van der Waals surface area contributed by atoms with Gasteiger partial charge in [-0.15, -0.1) is 0 Å². The molecule has 1 N–H and O–H groups in total. The SMILES string of the molecule is COc1cc(NC(=O)Cc2cccc3ccccc23)c(OC)cc1Br. The van der Waals surface area contributed by atoms with Crippen molar-refractivity contribution in [2.45, 2.75) is 6.42 Å². The maximum Gasteiger partial charge on any atom is 0.228 e. The van der Waals surface area contributed by atoms with E-state index in [1.54, 1.807) is 26.4 Å². The Bertz CT molecular complexity index is 919. The average molecular weight is 400 g/mol. The number of amides is 1. The zero-order chi connectivity index (χ0) is 17.8. The van der Waals surface area contributed by atoms with E-state index in [2.05, 4.69) is 21.2 Å². The standard InChI is InChI=1S/C20H18BrNO3/c1-24-18-12-17(19(25-2)11-16(18)21)22-20(23)10-14-8-5-7-13-6-3-4-9-15(13)14/h3-9,11-12H,10H2,1-2H3,(H,22,23). The van der Waals surface area contributed by atoms with Crippen LogP contribution in [0.4, 0.5) is 5.69 Å². The lowest BCUT2D eigenvalue weighted by Gasteiger charge is -2.14. The van der Waals surface area contributed by atoms with Crippen LogP contribution in [0.3, 0.4) is 0 Å². The highest BCUT2D eigenvalue weighted by Gasteiger charge is 2.13. The van der Waals surface area contributed by atoms with E-state index in [1.165, 1.54) is 0 Å². The molecule has 0 fully saturated rings. The van der Waals surface area contributed by atoms with Gasteiger partial charge in [0.1, 0.15) is 11.5 Å². The third-order valence-electron chi connectivity index (χ3n) is 3.98. The van der Waals surface area contributed by atoms with Crippen molar-refractivity contribution >= 4 is 38.3 Å². The predicted octanol–water partition coefficient (Wildman–Crippen LogP) is 4.80. The lowest BCUT2D eigenvalue weighted by Crippen LogP contribution is -2.15. The zero-order valence-corrected chi connectivity index (χ0v) is 15.6. The van der Waals surface area contributed by atoms with Gasteiger partial charge in [0.15, 0.2) is 0 Å². The number of carbonyl (C=O) groups is 1. The Labute approximate surface area is 154 Å². The summed E-state index contributed by atoms with van der Waals surface area (Å²) in [5.41, 5.74) is 1.56. The Hall–Kier alpha value is -2.53. The first-order valence-corrected chi connectivity index (χ1v) is 8.59. The molecule has 0 atom stereocenters. The van der Waals surface area contributed by atoms with Gasteiger partial charge in [0, 0.05) is 12.1 Å². The minimum absolute atomic E-state index is 0.112. The van der Waals surface area contributed by atoms with Gasteiger partial charge in [-0.1, -0.05) is 42.5 Å². The molecule has 4 nitrogen and oxygen atoms in total. The Morgan fingerprint density at radius 3 is 2.48 bits per heavy atom. The molecule has 3 aromatic rings. The van der Waals surface area contributed by atoms with Crippen molar-refractivity contribution < 1.29 is 14.3 Å². The molecule has 0 aromatic heterocycles. The highest BCUT2D eigenvalue weighted by atomic mass is 79.9. The van der Waals surface area contributed by atoms with Crippen LogP contribution in [0.5, 0.6) is 11.5 Å². The lowest BCUT2D eigenvalue weighted by atomic mass is 10.0. The molecule has 0 heterocycles. The van der Waals surface area contributed by atoms with Crippen molar-refractivity contribution in [3.8, 4) is 11.5 Å². The minimum Gasteiger partial charge on any atom is -0.495 e. The highest BCUT2D eigenvalue weighted by Crippen LogP contribution is 2.36. The van der Waals surface area contributed by atoms with Crippen LogP contribution in [0.25, 0.3) is 10.8 Å². The van der Waals surface area contributed by atoms with E-state index in [0.29, 0.717) is 17.2 Å². The third-order valence-corrected chi connectivity index (χ3v) is 4.60. The number of methoxy groups -OCH3 is 2. The number of fused-ring (bicyclic) bond motifs is 1. The zero-order valence-electron chi connectivity index (χ0n) is 14.0. The summed E-state index contributed by atoms with van der Waals surface area (Å²) in [6.07, 6.45) is 0.281. The lowest BCUT2D eigenvalue weighted by molar-refractivity contribution is -0.115. The maximum absolute atomic E-state index is 12.6. The van der Waals surface area contributed by atoms with Gasteiger partial charge in [0.2, 0.25) is 5.91 Å². The summed E-state index contributed by atoms with van der Waals surface area (Å²) in [6.45, 7) is 0. The topological polar surface area (TPSA) is 47.6 Å². The molecule has 1 amide bonds. The van der Waals surface area contributed by atoms with E-state index in [9.17, 15) is 4.79 Å². The van der Waals surface area contributed by atoms with Crippen LogP contribution >= 0.6 is 15.9 Å². The first kappa shape index (κ1) is 17.3. The molecule has 0 saturated carbocycles. The number of nitrogens with one attached hydrogen (secondary N) is 1. The van der Waals surface area contributed by atoms with Crippen LogP contribution in [-0.4, -0.2) is 20.1 Å². The summed E-state index contributed by atoms with van der Waals surface area (Å²) in [7, 11) is 3.14. The molecule has 3 aromatic carbocycles. The summed E-state index contributed by atoms with van der Waals surface area (Å²) in [5.74, 6) is 1.08. The smallest absolute Gasteiger partial charge is 0.228 e. The van der Waals surface area contributed by atoms with Crippen molar-refractivity contribution in [2.24, 2.45) is 0 Å². The van der Waals surface area contributed by atoms with Crippen molar-refractivity contribution in [1.29, 1.82) is 0 Å². The Morgan fingerprint density at radius 1 is 1.00 bits per heavy atom. The number of benzene rings is 3. The quantitative estimate of drug-likeness (QED) is 0.669. The molecule has 0 saturated heterocycles. The molecular formula is C20H18BrNO3. The number of hydrogen-bond acceptors (Lipinski definition) is 3. The fourth-order valence-electron chi connectivity index (χ4n) is 2.77. The number of hydrogen-bond donors (Lipinski definition) is 1. The minimum atomic E-state index is -0.112. The van der Waals surface area contributed by atoms with Gasteiger partial charge in [-0.2, -0.15) is 0 Å². The normalized spacial score (nSPS) is 10.5. The first-order valence-electron chi connectivity index (χ1n) is 7.80. The molecule has 128 valence electrons. The Morgan fingerprint density at radius 2 is 1.72 bits per heavy atom. The van der Waals surface area contributed by atoms with Crippen LogP contribution < -0.4 is 14.8 Å². The van der Waals surface area contributed by atoms with Gasteiger partial charge in [-0.25, -0.2) is 0 Å². The Balaban J connectivity index is 1.85. The van der Waals surface area contributed by atoms with Gasteiger partial charge in [0.05, 0.1) is 30.8 Å². The third kappa shape index (κ3) is 3.77. The second-order valence-electron chi connectivity index (χ2n) is 5.55. The molecule has 25 heavy (non-hydrogen) atoms. The van der Waals surface area contributed by atoms with Crippen molar-refractivity contribution in [1.82, 2.24) is 0 Å². The molecule has 0 spiro atoms. The molecule has 0 aliphatic rings. The summed E-state index contributed by atoms with van der Waals surface area (Å²) < 4.78 is 11.4. The van der Waals surface area contributed by atoms with Crippen LogP contribution in [0, 0.1) is 0 Å². The summed E-state index contributed by atoms with van der Waals surface area (Å²) in [4.78, 5) is 12.6. The van der Waals surface area contributed by atoms with Crippen molar-refractivity contribution in [3.63, 3.8) is 0 Å².